The first-order valence-corrected chi connectivity index (χ1v) is 8.99. The van der Waals surface area contributed by atoms with Gasteiger partial charge in [-0.2, -0.15) is 13.2 Å². The van der Waals surface area contributed by atoms with E-state index in [0.717, 1.165) is 31.7 Å². The van der Waals surface area contributed by atoms with Crippen molar-refractivity contribution in [2.75, 3.05) is 12.4 Å². The molecule has 3 rings (SSSR count). The Morgan fingerprint density at radius 1 is 1.25 bits per heavy atom. The molecule has 1 aromatic carbocycles. The monoisotopic (exact) mass is 420 g/mol. The zero-order chi connectivity index (χ0) is 19.6. The van der Waals surface area contributed by atoms with Crippen molar-refractivity contribution in [3.63, 3.8) is 0 Å². The van der Waals surface area contributed by atoms with E-state index >= 15 is 0 Å². The third-order valence-corrected chi connectivity index (χ3v) is 5.28. The van der Waals surface area contributed by atoms with E-state index in [9.17, 15) is 18.0 Å². The summed E-state index contributed by atoms with van der Waals surface area (Å²) in [5.74, 6) is -0.504. The van der Waals surface area contributed by atoms with Gasteiger partial charge in [0, 0.05) is 23.3 Å². The molecule has 0 spiro atoms. The second kappa shape index (κ2) is 9.00. The fourth-order valence-electron chi connectivity index (χ4n) is 3.67. The number of benzene rings is 1. The Bertz CT molecular complexity index is 829. The Morgan fingerprint density at radius 2 is 1.93 bits per heavy atom. The fourth-order valence-corrected chi connectivity index (χ4v) is 3.67. The van der Waals surface area contributed by atoms with Crippen LogP contribution in [0.15, 0.2) is 27.4 Å². The number of rotatable bonds is 5. The van der Waals surface area contributed by atoms with Crippen LogP contribution in [0.4, 0.5) is 18.9 Å². The molecular formula is C18H24ClF3N4O2. The first kappa shape index (κ1) is 22.3. The number of aromatic nitrogens is 2. The quantitative estimate of drug-likeness (QED) is 0.679. The normalized spacial score (nSPS) is 21.0. The molecule has 3 N–H and O–H groups in total. The summed E-state index contributed by atoms with van der Waals surface area (Å²) < 4.78 is 45.2. The number of H-pyrrole nitrogens is 1. The number of nitrogens with one attached hydrogen (secondary N) is 3. The summed E-state index contributed by atoms with van der Waals surface area (Å²) in [4.78, 5) is 11.1. The first-order valence-electron chi connectivity index (χ1n) is 8.99. The molecule has 28 heavy (non-hydrogen) atoms. The standard InChI is InChI=1S/C18H23F3N4O2.ClH/c1-10(11-3-6-13(22-2)7-4-11)23-15-9-12(16-24-25-17(26)27-16)5-8-14(15)18(19,20)21;/h5,8-11,13,22-23H,3-4,6-7H2,1-2H3,(H,25,26);1H/t10-,11?,13?;/m0./s1. The van der Waals surface area contributed by atoms with Crippen molar-refractivity contribution in [2.45, 2.75) is 50.9 Å². The van der Waals surface area contributed by atoms with Crippen LogP contribution in [0.2, 0.25) is 0 Å². The molecule has 0 radical (unpaired) electrons. The number of alkyl halides is 3. The largest absolute Gasteiger partial charge is 0.434 e. The summed E-state index contributed by atoms with van der Waals surface area (Å²) in [6, 6.07) is 3.92. The Balaban J connectivity index is 0.00000280. The molecular weight excluding hydrogens is 397 g/mol. The van der Waals surface area contributed by atoms with Crippen LogP contribution in [0.3, 0.4) is 0 Å². The second-order valence-electron chi connectivity index (χ2n) is 7.01. The van der Waals surface area contributed by atoms with Gasteiger partial charge in [0.05, 0.1) is 5.56 Å². The summed E-state index contributed by atoms with van der Waals surface area (Å²) in [7, 11) is 1.93. The maximum atomic E-state index is 13.4. The van der Waals surface area contributed by atoms with Gasteiger partial charge in [-0.05, 0) is 63.8 Å². The molecule has 1 aromatic heterocycles. The summed E-state index contributed by atoms with van der Waals surface area (Å²) >= 11 is 0. The van der Waals surface area contributed by atoms with Crippen molar-refractivity contribution < 1.29 is 17.6 Å². The topological polar surface area (TPSA) is 83.0 Å². The van der Waals surface area contributed by atoms with E-state index in [1.165, 1.54) is 12.1 Å². The van der Waals surface area contributed by atoms with Crippen LogP contribution in [-0.2, 0) is 6.18 Å². The molecule has 10 heteroatoms. The number of halogens is 4. The number of nitrogens with zero attached hydrogens (tertiary/aromatic N) is 1. The van der Waals surface area contributed by atoms with E-state index in [1.807, 2.05) is 14.0 Å². The zero-order valence-corrected chi connectivity index (χ0v) is 16.4. The van der Waals surface area contributed by atoms with Crippen LogP contribution in [0, 0.1) is 5.92 Å². The fraction of sp³-hybridized carbons (Fsp3) is 0.556. The number of hydrogen-bond acceptors (Lipinski definition) is 5. The van der Waals surface area contributed by atoms with Crippen LogP contribution < -0.4 is 16.4 Å². The summed E-state index contributed by atoms with van der Waals surface area (Å²) in [5, 5.41) is 12.1. The highest BCUT2D eigenvalue weighted by Gasteiger charge is 2.35. The molecule has 0 unspecified atom stereocenters. The van der Waals surface area contributed by atoms with Gasteiger partial charge in [0.15, 0.2) is 0 Å². The SMILES string of the molecule is CNC1CCC([C@H](C)Nc2cc(-c3n[nH]c(=O)o3)ccc2C(F)(F)F)CC1.Cl. The highest BCUT2D eigenvalue weighted by molar-refractivity contribution is 5.85. The highest BCUT2D eigenvalue weighted by atomic mass is 35.5. The van der Waals surface area contributed by atoms with Crippen LogP contribution in [-0.4, -0.2) is 29.3 Å². The van der Waals surface area contributed by atoms with Gasteiger partial charge in [0.2, 0.25) is 5.89 Å². The maximum absolute atomic E-state index is 13.4. The van der Waals surface area contributed by atoms with Gasteiger partial charge >= 0.3 is 11.9 Å². The van der Waals surface area contributed by atoms with Crippen molar-refractivity contribution in [3.05, 3.63) is 34.3 Å². The molecule has 1 heterocycles. The lowest BCUT2D eigenvalue weighted by Crippen LogP contribution is -2.36. The van der Waals surface area contributed by atoms with Crippen LogP contribution in [0.5, 0.6) is 0 Å². The lowest BCUT2D eigenvalue weighted by molar-refractivity contribution is -0.137. The van der Waals surface area contributed by atoms with E-state index < -0.39 is 17.5 Å². The van der Waals surface area contributed by atoms with Crippen LogP contribution in [0.25, 0.3) is 11.5 Å². The molecule has 0 aliphatic heterocycles. The predicted molar refractivity (Wildman–Crippen MR) is 103 cm³/mol. The lowest BCUT2D eigenvalue weighted by Gasteiger charge is -2.33. The van der Waals surface area contributed by atoms with Gasteiger partial charge in [-0.3, -0.25) is 0 Å². The second-order valence-corrected chi connectivity index (χ2v) is 7.01. The third-order valence-electron chi connectivity index (χ3n) is 5.28. The number of aromatic amines is 1. The van der Waals surface area contributed by atoms with Crippen molar-refractivity contribution in [1.29, 1.82) is 0 Å². The minimum absolute atomic E-state index is 0. The Labute approximate surface area is 166 Å². The molecule has 1 fully saturated rings. The van der Waals surface area contributed by atoms with Gasteiger partial charge in [-0.1, -0.05) is 0 Å². The smallest absolute Gasteiger partial charge is 0.388 e. The van der Waals surface area contributed by atoms with Gasteiger partial charge in [0.1, 0.15) is 0 Å². The van der Waals surface area contributed by atoms with E-state index in [0.29, 0.717) is 17.5 Å². The third kappa shape index (κ3) is 5.08. The van der Waals surface area contributed by atoms with E-state index in [-0.39, 0.29) is 30.0 Å². The van der Waals surface area contributed by atoms with Crippen molar-refractivity contribution >= 4 is 18.1 Å². The molecule has 2 aromatic rings. The highest BCUT2D eigenvalue weighted by Crippen LogP contribution is 2.38. The molecule has 6 nitrogen and oxygen atoms in total. The minimum atomic E-state index is -4.49. The van der Waals surface area contributed by atoms with Crippen LogP contribution >= 0.6 is 12.4 Å². The predicted octanol–water partition coefficient (Wildman–Crippen LogP) is 4.05. The molecule has 1 aliphatic carbocycles. The Hall–Kier alpha value is -2.00. The molecule has 0 bridgehead atoms. The number of hydrogen-bond donors (Lipinski definition) is 3. The maximum Gasteiger partial charge on any atom is 0.434 e. The Kier molecular flexibility index (Phi) is 7.16. The van der Waals surface area contributed by atoms with E-state index in [1.54, 1.807) is 0 Å². The average molecular weight is 421 g/mol. The van der Waals surface area contributed by atoms with Gasteiger partial charge < -0.3 is 15.1 Å². The van der Waals surface area contributed by atoms with Gasteiger partial charge in [0.25, 0.3) is 0 Å². The summed E-state index contributed by atoms with van der Waals surface area (Å²) in [6.07, 6.45) is -0.559. The first-order chi connectivity index (χ1) is 12.8. The van der Waals surface area contributed by atoms with Gasteiger partial charge in [-0.15, -0.1) is 17.5 Å². The van der Waals surface area contributed by atoms with Crippen molar-refractivity contribution in [1.82, 2.24) is 15.5 Å². The van der Waals surface area contributed by atoms with Crippen LogP contribution in [0.1, 0.15) is 38.2 Å². The summed E-state index contributed by atoms with van der Waals surface area (Å²) in [6.45, 7) is 1.91. The summed E-state index contributed by atoms with van der Waals surface area (Å²) in [5.41, 5.74) is -0.483. The van der Waals surface area contributed by atoms with E-state index in [4.69, 9.17) is 4.42 Å². The molecule has 156 valence electrons. The zero-order valence-electron chi connectivity index (χ0n) is 15.6. The average Bonchev–Trinajstić information content (AvgIpc) is 3.07. The Morgan fingerprint density at radius 3 is 2.46 bits per heavy atom. The van der Waals surface area contributed by atoms with Gasteiger partial charge in [-0.25, -0.2) is 9.89 Å². The molecule has 1 aliphatic rings. The van der Waals surface area contributed by atoms with Crippen molar-refractivity contribution in [3.8, 4) is 11.5 Å². The van der Waals surface area contributed by atoms with Crippen molar-refractivity contribution in [2.24, 2.45) is 5.92 Å². The van der Waals surface area contributed by atoms with E-state index in [2.05, 4.69) is 20.8 Å². The minimum Gasteiger partial charge on any atom is -0.388 e. The molecule has 1 saturated carbocycles. The molecule has 1 atom stereocenters. The molecule has 0 amide bonds. The number of anilines is 1. The lowest BCUT2D eigenvalue weighted by atomic mass is 9.82. The molecule has 0 saturated heterocycles.